The van der Waals surface area contributed by atoms with E-state index in [-0.39, 0.29) is 10.6 Å². The third-order valence-electron chi connectivity index (χ3n) is 3.80. The van der Waals surface area contributed by atoms with Crippen LogP contribution in [0.4, 0.5) is 5.69 Å². The maximum absolute atomic E-state index is 10.8. The average Bonchev–Trinajstić information content (AvgIpc) is 2.46. The molecule has 0 heterocycles. The first-order valence-electron chi connectivity index (χ1n) is 6.85. The summed E-state index contributed by atoms with van der Waals surface area (Å²) in [6, 6.07) is 6.74. The Morgan fingerprint density at radius 3 is 2.74 bits per heavy atom. The molecule has 1 aromatic rings. The number of benzene rings is 1. The summed E-state index contributed by atoms with van der Waals surface area (Å²) in [5.41, 5.74) is 8.08. The summed E-state index contributed by atoms with van der Waals surface area (Å²) < 4.78 is 0. The highest BCUT2D eigenvalue weighted by molar-refractivity contribution is 5.57. The van der Waals surface area contributed by atoms with Gasteiger partial charge < -0.3 is 5.73 Å². The van der Waals surface area contributed by atoms with Gasteiger partial charge in [-0.05, 0) is 24.3 Å². The number of rotatable bonds is 4. The number of nitrogens with zero attached hydrogens (tertiary/aromatic N) is 1. The summed E-state index contributed by atoms with van der Waals surface area (Å²) in [7, 11) is 0. The van der Waals surface area contributed by atoms with Gasteiger partial charge in [0.15, 0.2) is 0 Å². The number of nitro benzene ring substituents is 1. The van der Waals surface area contributed by atoms with Crippen LogP contribution in [0, 0.1) is 16.0 Å². The molecule has 4 heteroatoms. The zero-order valence-electron chi connectivity index (χ0n) is 11.0. The fourth-order valence-electron chi connectivity index (χ4n) is 2.76. The second-order valence-electron chi connectivity index (χ2n) is 5.11. The van der Waals surface area contributed by atoms with Crippen molar-refractivity contribution in [3.8, 4) is 0 Å². The Kier molecular flexibility index (Phi) is 4.68. The van der Waals surface area contributed by atoms with Gasteiger partial charge in [0, 0.05) is 18.7 Å². The highest BCUT2D eigenvalue weighted by Crippen LogP contribution is 2.30. The molecule has 1 aromatic carbocycles. The van der Waals surface area contributed by atoms with Gasteiger partial charge in [-0.1, -0.05) is 43.0 Å². The van der Waals surface area contributed by atoms with Crippen molar-refractivity contribution in [3.05, 3.63) is 45.5 Å². The SMILES string of the molecule is NCC(=Cc1cccc([N+](=O)[O-])c1)C1CCCCC1. The summed E-state index contributed by atoms with van der Waals surface area (Å²) in [5, 5.41) is 10.8. The molecule has 2 rings (SSSR count). The number of non-ortho nitro benzene ring substituents is 1. The van der Waals surface area contributed by atoms with Crippen molar-refractivity contribution in [1.29, 1.82) is 0 Å². The van der Waals surface area contributed by atoms with Crippen LogP contribution in [-0.4, -0.2) is 11.5 Å². The van der Waals surface area contributed by atoms with Crippen LogP contribution in [0.25, 0.3) is 6.08 Å². The van der Waals surface area contributed by atoms with Crippen molar-refractivity contribution in [2.24, 2.45) is 11.7 Å². The van der Waals surface area contributed by atoms with Crippen LogP contribution < -0.4 is 5.73 Å². The monoisotopic (exact) mass is 260 g/mol. The smallest absolute Gasteiger partial charge is 0.270 e. The molecule has 0 atom stereocenters. The molecule has 0 aromatic heterocycles. The number of hydrogen-bond donors (Lipinski definition) is 1. The van der Waals surface area contributed by atoms with E-state index in [2.05, 4.69) is 0 Å². The van der Waals surface area contributed by atoms with Crippen molar-refractivity contribution >= 4 is 11.8 Å². The predicted molar refractivity (Wildman–Crippen MR) is 76.7 cm³/mol. The maximum atomic E-state index is 10.8. The van der Waals surface area contributed by atoms with Gasteiger partial charge in [-0.2, -0.15) is 0 Å². The summed E-state index contributed by atoms with van der Waals surface area (Å²) in [6.07, 6.45) is 8.25. The van der Waals surface area contributed by atoms with Crippen LogP contribution in [0.2, 0.25) is 0 Å². The van der Waals surface area contributed by atoms with E-state index in [9.17, 15) is 10.1 Å². The van der Waals surface area contributed by atoms with Crippen molar-refractivity contribution in [2.45, 2.75) is 32.1 Å². The lowest BCUT2D eigenvalue weighted by molar-refractivity contribution is -0.384. The van der Waals surface area contributed by atoms with Gasteiger partial charge in [-0.15, -0.1) is 0 Å². The standard InChI is InChI=1S/C15H20N2O2/c16-11-14(13-6-2-1-3-7-13)9-12-5-4-8-15(10-12)17(18)19/h4-5,8-10,13H,1-3,6-7,11,16H2. The van der Waals surface area contributed by atoms with Gasteiger partial charge in [-0.25, -0.2) is 0 Å². The molecule has 0 radical (unpaired) electrons. The third-order valence-corrected chi connectivity index (χ3v) is 3.80. The van der Waals surface area contributed by atoms with Crippen LogP contribution in [0.5, 0.6) is 0 Å². The third kappa shape index (κ3) is 3.64. The Bertz CT molecular complexity index is 477. The lowest BCUT2D eigenvalue weighted by Crippen LogP contribution is -2.16. The molecule has 102 valence electrons. The number of nitrogens with two attached hydrogens (primary N) is 1. The molecule has 1 aliphatic carbocycles. The Balaban J connectivity index is 2.21. The van der Waals surface area contributed by atoms with Crippen molar-refractivity contribution < 1.29 is 4.92 Å². The average molecular weight is 260 g/mol. The number of nitro groups is 1. The minimum Gasteiger partial charge on any atom is -0.327 e. The predicted octanol–water partition coefficient (Wildman–Crippen LogP) is 3.52. The van der Waals surface area contributed by atoms with E-state index in [4.69, 9.17) is 5.73 Å². The van der Waals surface area contributed by atoms with E-state index in [0.717, 1.165) is 5.56 Å². The molecule has 19 heavy (non-hydrogen) atoms. The highest BCUT2D eigenvalue weighted by Gasteiger charge is 2.17. The molecule has 0 bridgehead atoms. The highest BCUT2D eigenvalue weighted by atomic mass is 16.6. The maximum Gasteiger partial charge on any atom is 0.270 e. The topological polar surface area (TPSA) is 69.2 Å². The Labute approximate surface area is 113 Å². The molecule has 2 N–H and O–H groups in total. The van der Waals surface area contributed by atoms with Crippen molar-refractivity contribution in [3.63, 3.8) is 0 Å². The molecular weight excluding hydrogens is 240 g/mol. The summed E-state index contributed by atoms with van der Waals surface area (Å²) >= 11 is 0. The fourth-order valence-corrected chi connectivity index (χ4v) is 2.76. The van der Waals surface area contributed by atoms with E-state index in [1.807, 2.05) is 12.1 Å². The van der Waals surface area contributed by atoms with Gasteiger partial charge in [0.05, 0.1) is 4.92 Å². The van der Waals surface area contributed by atoms with E-state index < -0.39 is 0 Å². The number of hydrogen-bond acceptors (Lipinski definition) is 3. The summed E-state index contributed by atoms with van der Waals surface area (Å²) in [4.78, 5) is 10.4. The van der Waals surface area contributed by atoms with Gasteiger partial charge in [0.25, 0.3) is 5.69 Å². The quantitative estimate of drug-likeness (QED) is 0.665. The molecule has 0 unspecified atom stereocenters. The lowest BCUT2D eigenvalue weighted by atomic mass is 9.83. The second kappa shape index (κ2) is 6.48. The molecule has 1 aliphatic rings. The van der Waals surface area contributed by atoms with Crippen molar-refractivity contribution in [2.75, 3.05) is 6.54 Å². The van der Waals surface area contributed by atoms with Crippen LogP contribution in [0.3, 0.4) is 0 Å². The molecule has 1 fully saturated rings. The van der Waals surface area contributed by atoms with Crippen molar-refractivity contribution in [1.82, 2.24) is 0 Å². The van der Waals surface area contributed by atoms with Crippen LogP contribution in [0.1, 0.15) is 37.7 Å². The van der Waals surface area contributed by atoms with Gasteiger partial charge in [0.2, 0.25) is 0 Å². The molecular formula is C15H20N2O2. The Morgan fingerprint density at radius 1 is 1.37 bits per heavy atom. The normalized spacial score (nSPS) is 17.4. The zero-order valence-corrected chi connectivity index (χ0v) is 11.0. The Morgan fingerprint density at radius 2 is 2.11 bits per heavy atom. The van der Waals surface area contributed by atoms with Crippen LogP contribution in [0.15, 0.2) is 29.8 Å². The molecule has 0 saturated heterocycles. The van der Waals surface area contributed by atoms with E-state index in [1.165, 1.54) is 43.7 Å². The van der Waals surface area contributed by atoms with E-state index >= 15 is 0 Å². The van der Waals surface area contributed by atoms with Gasteiger partial charge in [-0.3, -0.25) is 10.1 Å². The van der Waals surface area contributed by atoms with Crippen LogP contribution >= 0.6 is 0 Å². The van der Waals surface area contributed by atoms with Gasteiger partial charge >= 0.3 is 0 Å². The lowest BCUT2D eigenvalue weighted by Gasteiger charge is -2.23. The summed E-state index contributed by atoms with van der Waals surface area (Å²) in [6.45, 7) is 0.535. The molecule has 0 aliphatic heterocycles. The first kappa shape index (κ1) is 13.7. The summed E-state index contributed by atoms with van der Waals surface area (Å²) in [5.74, 6) is 0.554. The van der Waals surface area contributed by atoms with E-state index in [0.29, 0.717) is 12.5 Å². The molecule has 0 amide bonds. The second-order valence-corrected chi connectivity index (χ2v) is 5.11. The Hall–Kier alpha value is -1.68. The largest absolute Gasteiger partial charge is 0.327 e. The zero-order chi connectivity index (χ0) is 13.7. The minimum atomic E-state index is -0.361. The van der Waals surface area contributed by atoms with Crippen LogP contribution in [-0.2, 0) is 0 Å². The molecule has 1 saturated carbocycles. The van der Waals surface area contributed by atoms with Gasteiger partial charge in [0.1, 0.15) is 0 Å². The van der Waals surface area contributed by atoms with E-state index in [1.54, 1.807) is 12.1 Å². The molecule has 0 spiro atoms. The molecule has 4 nitrogen and oxygen atoms in total. The first-order chi connectivity index (χ1) is 9.20. The first-order valence-corrected chi connectivity index (χ1v) is 6.85. The minimum absolute atomic E-state index is 0.133. The fraction of sp³-hybridized carbons (Fsp3) is 0.467.